The SMILES string of the molecule is COc1ccc([C@H]2CC(=O)c3cc(C(=O)Nc4ccc(C(C)C)cc4)c(=O)[nH]c3C2)cc1OC. The number of hydrogen-bond acceptors (Lipinski definition) is 5. The molecule has 1 heterocycles. The molecule has 7 nitrogen and oxygen atoms in total. The largest absolute Gasteiger partial charge is 0.493 e. The number of aromatic amines is 1. The van der Waals surface area contributed by atoms with E-state index in [1.165, 1.54) is 6.07 Å². The van der Waals surface area contributed by atoms with Crippen LogP contribution in [-0.4, -0.2) is 30.9 Å². The standard InChI is InChI=1S/C27H28N2O5/c1-15(2)16-5-8-19(9-6-16)28-26(31)21-14-20-22(29-27(21)32)11-18(12-23(20)30)17-7-10-24(33-3)25(13-17)34-4/h5-10,13-15,18H,11-12H2,1-4H3,(H,28,31)(H,29,32)/t18-/m1/s1. The highest BCUT2D eigenvalue weighted by Gasteiger charge is 2.29. The first-order valence-corrected chi connectivity index (χ1v) is 11.2. The number of rotatable bonds is 6. The minimum Gasteiger partial charge on any atom is -0.493 e. The average Bonchev–Trinajstić information content (AvgIpc) is 2.83. The van der Waals surface area contributed by atoms with Gasteiger partial charge in [0.15, 0.2) is 17.3 Å². The lowest BCUT2D eigenvalue weighted by Gasteiger charge is -2.24. The summed E-state index contributed by atoms with van der Waals surface area (Å²) < 4.78 is 10.7. The first-order valence-electron chi connectivity index (χ1n) is 11.2. The van der Waals surface area contributed by atoms with Gasteiger partial charge in [0.05, 0.1) is 14.2 Å². The fourth-order valence-electron chi connectivity index (χ4n) is 4.29. The van der Waals surface area contributed by atoms with Crippen molar-refractivity contribution in [2.24, 2.45) is 0 Å². The number of benzene rings is 2. The summed E-state index contributed by atoms with van der Waals surface area (Å²) in [6, 6.07) is 14.5. The van der Waals surface area contributed by atoms with Crippen LogP contribution >= 0.6 is 0 Å². The van der Waals surface area contributed by atoms with Crippen LogP contribution in [-0.2, 0) is 6.42 Å². The maximum absolute atomic E-state index is 13.0. The van der Waals surface area contributed by atoms with Crippen LogP contribution in [0.3, 0.4) is 0 Å². The molecule has 1 aromatic heterocycles. The Morgan fingerprint density at radius 2 is 1.68 bits per heavy atom. The Labute approximate surface area is 198 Å². The summed E-state index contributed by atoms with van der Waals surface area (Å²) in [5.74, 6) is 0.789. The van der Waals surface area contributed by atoms with E-state index >= 15 is 0 Å². The lowest BCUT2D eigenvalue weighted by atomic mass is 9.81. The summed E-state index contributed by atoms with van der Waals surface area (Å²) in [5, 5.41) is 2.75. The smallest absolute Gasteiger partial charge is 0.261 e. The number of carbonyl (C=O) groups excluding carboxylic acids is 2. The van der Waals surface area contributed by atoms with Crippen molar-refractivity contribution < 1.29 is 19.1 Å². The zero-order valence-electron chi connectivity index (χ0n) is 19.7. The van der Waals surface area contributed by atoms with Crippen molar-refractivity contribution in [2.75, 3.05) is 19.5 Å². The summed E-state index contributed by atoms with van der Waals surface area (Å²) in [6.45, 7) is 4.18. The predicted molar refractivity (Wildman–Crippen MR) is 130 cm³/mol. The Kier molecular flexibility index (Phi) is 6.54. The van der Waals surface area contributed by atoms with Crippen LogP contribution in [0.5, 0.6) is 11.5 Å². The Bertz CT molecular complexity index is 1290. The molecule has 1 atom stereocenters. The number of nitrogens with one attached hydrogen (secondary N) is 2. The zero-order chi connectivity index (χ0) is 24.4. The molecule has 3 aromatic rings. The van der Waals surface area contributed by atoms with E-state index in [0.29, 0.717) is 40.8 Å². The number of ketones is 1. The fraction of sp³-hybridized carbons (Fsp3) is 0.296. The number of aromatic nitrogens is 1. The second kappa shape index (κ2) is 9.55. The molecule has 7 heteroatoms. The maximum Gasteiger partial charge on any atom is 0.261 e. The molecular formula is C27H28N2O5. The highest BCUT2D eigenvalue weighted by atomic mass is 16.5. The van der Waals surface area contributed by atoms with Gasteiger partial charge in [0.25, 0.3) is 11.5 Å². The minimum atomic E-state index is -0.545. The van der Waals surface area contributed by atoms with E-state index in [1.54, 1.807) is 32.4 Å². The van der Waals surface area contributed by atoms with Gasteiger partial charge in [0.1, 0.15) is 5.56 Å². The van der Waals surface area contributed by atoms with Gasteiger partial charge in [-0.3, -0.25) is 14.4 Å². The molecule has 0 fully saturated rings. The van der Waals surface area contributed by atoms with Gasteiger partial charge in [0.2, 0.25) is 0 Å². The van der Waals surface area contributed by atoms with E-state index in [0.717, 1.165) is 11.1 Å². The summed E-state index contributed by atoms with van der Waals surface area (Å²) in [6.07, 6.45) is 0.747. The zero-order valence-corrected chi connectivity index (χ0v) is 19.7. The number of methoxy groups -OCH3 is 2. The molecule has 34 heavy (non-hydrogen) atoms. The van der Waals surface area contributed by atoms with Gasteiger partial charge in [-0.05, 0) is 59.7 Å². The Balaban J connectivity index is 1.57. The molecular weight excluding hydrogens is 432 g/mol. The molecule has 0 radical (unpaired) electrons. The fourth-order valence-corrected chi connectivity index (χ4v) is 4.29. The van der Waals surface area contributed by atoms with Gasteiger partial charge in [-0.2, -0.15) is 0 Å². The van der Waals surface area contributed by atoms with Crippen molar-refractivity contribution in [1.29, 1.82) is 0 Å². The first-order chi connectivity index (χ1) is 16.3. The molecule has 0 aliphatic heterocycles. The van der Waals surface area contributed by atoms with E-state index in [2.05, 4.69) is 24.1 Å². The molecule has 1 aliphatic rings. The molecule has 0 bridgehead atoms. The molecule has 0 unspecified atom stereocenters. The number of anilines is 1. The molecule has 1 aliphatic carbocycles. The molecule has 4 rings (SSSR count). The van der Waals surface area contributed by atoms with Crippen LogP contribution in [0.25, 0.3) is 0 Å². The van der Waals surface area contributed by atoms with Crippen LogP contribution in [0.15, 0.2) is 53.3 Å². The van der Waals surface area contributed by atoms with Gasteiger partial charge in [-0.1, -0.05) is 32.0 Å². The number of hydrogen-bond donors (Lipinski definition) is 2. The topological polar surface area (TPSA) is 97.5 Å². The molecule has 2 N–H and O–H groups in total. The van der Waals surface area contributed by atoms with E-state index in [4.69, 9.17) is 9.47 Å². The normalized spacial score (nSPS) is 15.1. The molecule has 1 amide bonds. The van der Waals surface area contributed by atoms with Crippen LogP contribution in [0, 0.1) is 0 Å². The quantitative estimate of drug-likeness (QED) is 0.557. The number of Topliss-reactive ketones (excluding diaryl/α,β-unsaturated/α-hetero) is 1. The Hall–Kier alpha value is -3.87. The lowest BCUT2D eigenvalue weighted by molar-refractivity contribution is 0.0963. The molecule has 0 saturated heterocycles. The third-order valence-corrected chi connectivity index (χ3v) is 6.26. The number of fused-ring (bicyclic) bond motifs is 1. The van der Waals surface area contributed by atoms with Crippen molar-refractivity contribution >= 4 is 17.4 Å². The van der Waals surface area contributed by atoms with Crippen LogP contribution in [0.4, 0.5) is 5.69 Å². The highest BCUT2D eigenvalue weighted by Crippen LogP contribution is 2.36. The summed E-state index contributed by atoms with van der Waals surface area (Å²) in [5.41, 5.74) is 2.99. The average molecular weight is 461 g/mol. The molecule has 0 saturated carbocycles. The van der Waals surface area contributed by atoms with Crippen molar-refractivity contribution in [2.45, 2.75) is 38.5 Å². The van der Waals surface area contributed by atoms with E-state index in [1.807, 2.05) is 24.3 Å². The van der Waals surface area contributed by atoms with Gasteiger partial charge < -0.3 is 19.8 Å². The summed E-state index contributed by atoms with van der Waals surface area (Å²) in [4.78, 5) is 41.3. The monoisotopic (exact) mass is 460 g/mol. The highest BCUT2D eigenvalue weighted by molar-refractivity contribution is 6.06. The first kappa shape index (κ1) is 23.3. The Morgan fingerprint density at radius 1 is 0.971 bits per heavy atom. The number of ether oxygens (including phenoxy) is 2. The van der Waals surface area contributed by atoms with Crippen molar-refractivity contribution in [3.8, 4) is 11.5 Å². The molecule has 176 valence electrons. The molecule has 0 spiro atoms. The van der Waals surface area contributed by atoms with E-state index in [9.17, 15) is 14.4 Å². The van der Waals surface area contributed by atoms with Crippen molar-refractivity contribution in [3.05, 3.63) is 86.8 Å². The van der Waals surface area contributed by atoms with Gasteiger partial charge >= 0.3 is 0 Å². The third-order valence-electron chi connectivity index (χ3n) is 6.26. The van der Waals surface area contributed by atoms with Crippen LogP contribution in [0.2, 0.25) is 0 Å². The van der Waals surface area contributed by atoms with Crippen LogP contribution < -0.4 is 20.3 Å². The number of amides is 1. The minimum absolute atomic E-state index is 0.0791. The molecule has 2 aromatic carbocycles. The van der Waals surface area contributed by atoms with Crippen molar-refractivity contribution in [3.63, 3.8) is 0 Å². The predicted octanol–water partition coefficient (Wildman–Crippen LogP) is 4.68. The van der Waals surface area contributed by atoms with Gasteiger partial charge in [-0.15, -0.1) is 0 Å². The number of H-pyrrole nitrogens is 1. The van der Waals surface area contributed by atoms with Crippen molar-refractivity contribution in [1.82, 2.24) is 4.98 Å². The number of pyridine rings is 1. The van der Waals surface area contributed by atoms with Gasteiger partial charge in [-0.25, -0.2) is 0 Å². The Morgan fingerprint density at radius 3 is 2.32 bits per heavy atom. The van der Waals surface area contributed by atoms with E-state index < -0.39 is 11.5 Å². The third kappa shape index (κ3) is 4.59. The maximum atomic E-state index is 13.0. The summed E-state index contributed by atoms with van der Waals surface area (Å²) in [7, 11) is 3.13. The second-order valence-corrected chi connectivity index (χ2v) is 8.78. The van der Waals surface area contributed by atoms with Crippen LogP contribution in [0.1, 0.15) is 69.6 Å². The van der Waals surface area contributed by atoms with E-state index in [-0.39, 0.29) is 23.7 Å². The van der Waals surface area contributed by atoms with Gasteiger partial charge in [0, 0.05) is 23.4 Å². The second-order valence-electron chi connectivity index (χ2n) is 8.78. The number of carbonyl (C=O) groups is 2. The summed E-state index contributed by atoms with van der Waals surface area (Å²) >= 11 is 0. The lowest BCUT2D eigenvalue weighted by Crippen LogP contribution is -2.29.